The smallest absolute Gasteiger partial charge is 0.323 e. The van der Waals surface area contributed by atoms with E-state index in [0.717, 1.165) is 0 Å². The number of carbonyl (C=O) groups is 2. The molecule has 1 aliphatic carbocycles. The van der Waals surface area contributed by atoms with Crippen molar-refractivity contribution < 1.29 is 23.8 Å². The van der Waals surface area contributed by atoms with Crippen LogP contribution in [-0.2, 0) is 14.3 Å². The monoisotopic (exact) mass is 355 g/mol. The lowest BCUT2D eigenvalue weighted by Crippen LogP contribution is -2.46. The van der Waals surface area contributed by atoms with Gasteiger partial charge in [0.1, 0.15) is 12.4 Å². The van der Waals surface area contributed by atoms with Crippen molar-refractivity contribution in [3.05, 3.63) is 34.6 Å². The Morgan fingerprint density at radius 2 is 2.04 bits per heavy atom. The summed E-state index contributed by atoms with van der Waals surface area (Å²) in [6.45, 7) is 0.695. The van der Waals surface area contributed by atoms with Crippen LogP contribution >= 0.6 is 11.6 Å². The first-order chi connectivity index (χ1) is 11.5. The van der Waals surface area contributed by atoms with Gasteiger partial charge in [-0.25, -0.2) is 4.39 Å². The van der Waals surface area contributed by atoms with Crippen molar-refractivity contribution in [2.75, 3.05) is 19.8 Å². The third-order valence-corrected chi connectivity index (χ3v) is 5.03. The van der Waals surface area contributed by atoms with E-state index in [2.05, 4.69) is 0 Å². The molecule has 0 bridgehead atoms. The fourth-order valence-corrected chi connectivity index (χ4v) is 3.70. The van der Waals surface area contributed by atoms with Crippen molar-refractivity contribution in [2.24, 2.45) is 5.92 Å². The van der Waals surface area contributed by atoms with E-state index >= 15 is 0 Å². The number of benzene rings is 1. The third kappa shape index (κ3) is 3.54. The molecule has 0 spiro atoms. The van der Waals surface area contributed by atoms with Crippen molar-refractivity contribution in [1.82, 2.24) is 4.90 Å². The summed E-state index contributed by atoms with van der Waals surface area (Å²) in [7, 11) is 0. The van der Waals surface area contributed by atoms with Crippen LogP contribution in [-0.4, -0.2) is 47.7 Å². The SMILES string of the molecule is O=C(O)CN(C(=O)[C@@H]1C[C@H]1c1c(F)cccc1Cl)C1CCOCC1. The fourth-order valence-electron chi connectivity index (χ4n) is 3.39. The van der Waals surface area contributed by atoms with Gasteiger partial charge in [-0.3, -0.25) is 9.59 Å². The summed E-state index contributed by atoms with van der Waals surface area (Å²) in [5.41, 5.74) is 0.361. The van der Waals surface area contributed by atoms with Gasteiger partial charge in [-0.15, -0.1) is 0 Å². The summed E-state index contributed by atoms with van der Waals surface area (Å²) in [6.07, 6.45) is 1.74. The molecule has 0 aromatic heterocycles. The second-order valence-electron chi connectivity index (χ2n) is 6.29. The van der Waals surface area contributed by atoms with Crippen LogP contribution in [0.3, 0.4) is 0 Å². The molecular formula is C17H19ClFNO4. The Morgan fingerprint density at radius 1 is 1.33 bits per heavy atom. The molecule has 0 radical (unpaired) electrons. The summed E-state index contributed by atoms with van der Waals surface area (Å²) in [5.74, 6) is -2.37. The summed E-state index contributed by atoms with van der Waals surface area (Å²) in [4.78, 5) is 25.4. The maximum atomic E-state index is 14.0. The average Bonchev–Trinajstić information content (AvgIpc) is 3.33. The zero-order valence-electron chi connectivity index (χ0n) is 13.1. The van der Waals surface area contributed by atoms with Crippen molar-refractivity contribution in [2.45, 2.75) is 31.2 Å². The molecule has 1 heterocycles. The van der Waals surface area contributed by atoms with Crippen LogP contribution in [0.4, 0.5) is 4.39 Å². The lowest BCUT2D eigenvalue weighted by Gasteiger charge is -2.33. The lowest BCUT2D eigenvalue weighted by molar-refractivity contribution is -0.148. The lowest BCUT2D eigenvalue weighted by atomic mass is 10.0. The first kappa shape index (κ1) is 17.2. The zero-order valence-corrected chi connectivity index (χ0v) is 13.8. The van der Waals surface area contributed by atoms with Gasteiger partial charge in [-0.2, -0.15) is 0 Å². The molecule has 7 heteroatoms. The molecule has 2 atom stereocenters. The van der Waals surface area contributed by atoms with E-state index in [4.69, 9.17) is 21.4 Å². The summed E-state index contributed by atoms with van der Waals surface area (Å²) >= 11 is 6.07. The molecule has 1 amide bonds. The van der Waals surface area contributed by atoms with Gasteiger partial charge in [0.05, 0.1) is 0 Å². The van der Waals surface area contributed by atoms with Crippen molar-refractivity contribution in [3.8, 4) is 0 Å². The molecule has 1 N–H and O–H groups in total. The maximum absolute atomic E-state index is 14.0. The normalized spacial score (nSPS) is 23.8. The number of carboxylic acid groups (broad SMARTS) is 1. The van der Waals surface area contributed by atoms with Gasteiger partial charge >= 0.3 is 5.97 Å². The molecule has 2 fully saturated rings. The van der Waals surface area contributed by atoms with Crippen molar-refractivity contribution >= 4 is 23.5 Å². The van der Waals surface area contributed by atoms with Gasteiger partial charge in [-0.1, -0.05) is 17.7 Å². The maximum Gasteiger partial charge on any atom is 0.323 e. The quantitative estimate of drug-likeness (QED) is 0.881. The molecule has 0 unspecified atom stereocenters. The first-order valence-electron chi connectivity index (χ1n) is 8.03. The van der Waals surface area contributed by atoms with Crippen LogP contribution in [0.2, 0.25) is 5.02 Å². The third-order valence-electron chi connectivity index (χ3n) is 4.70. The Morgan fingerprint density at radius 3 is 2.67 bits per heavy atom. The summed E-state index contributed by atoms with van der Waals surface area (Å²) in [5, 5.41) is 9.44. The Hall–Kier alpha value is -1.66. The molecule has 5 nitrogen and oxygen atoms in total. The van der Waals surface area contributed by atoms with Gasteiger partial charge in [0.15, 0.2) is 0 Å². The summed E-state index contributed by atoms with van der Waals surface area (Å²) in [6, 6.07) is 4.32. The standard InChI is InChI=1S/C17H19ClFNO4/c18-13-2-1-3-14(19)16(13)11-8-12(11)17(23)20(9-15(21)22)10-4-6-24-7-5-10/h1-3,10-12H,4-9H2,(H,21,22)/t11-,12-/m1/s1. The Balaban J connectivity index is 1.75. The molecule has 1 saturated carbocycles. The van der Waals surface area contributed by atoms with Gasteiger partial charge < -0.3 is 14.7 Å². The molecule has 3 rings (SSSR count). The number of aliphatic carboxylic acids is 1. The Kier molecular flexibility index (Phi) is 5.06. The molecule has 2 aliphatic rings. The van der Waals surface area contributed by atoms with Crippen LogP contribution in [0.25, 0.3) is 0 Å². The molecular weight excluding hydrogens is 337 g/mol. The zero-order chi connectivity index (χ0) is 17.3. The van der Waals surface area contributed by atoms with E-state index in [0.29, 0.717) is 43.1 Å². The van der Waals surface area contributed by atoms with E-state index in [1.165, 1.54) is 17.0 Å². The predicted octanol–water partition coefficient (Wildman–Crippen LogP) is 2.67. The molecule has 1 saturated heterocycles. The molecule has 24 heavy (non-hydrogen) atoms. The van der Waals surface area contributed by atoms with E-state index in [1.807, 2.05) is 0 Å². The van der Waals surface area contributed by atoms with Gasteiger partial charge in [0.2, 0.25) is 5.91 Å². The highest BCUT2D eigenvalue weighted by Gasteiger charge is 2.49. The minimum Gasteiger partial charge on any atom is -0.480 e. The van der Waals surface area contributed by atoms with Crippen molar-refractivity contribution in [1.29, 1.82) is 0 Å². The van der Waals surface area contributed by atoms with Crippen LogP contribution in [0.5, 0.6) is 0 Å². The highest BCUT2D eigenvalue weighted by atomic mass is 35.5. The molecule has 130 valence electrons. The van der Waals surface area contributed by atoms with Crippen molar-refractivity contribution in [3.63, 3.8) is 0 Å². The number of halogens is 2. The minimum absolute atomic E-state index is 0.139. The minimum atomic E-state index is -1.05. The highest BCUT2D eigenvalue weighted by Crippen LogP contribution is 2.51. The Bertz CT molecular complexity index is 627. The average molecular weight is 356 g/mol. The number of hydrogen-bond acceptors (Lipinski definition) is 3. The Labute approximate surface area is 144 Å². The second kappa shape index (κ2) is 7.07. The number of rotatable bonds is 5. The number of amides is 1. The first-order valence-corrected chi connectivity index (χ1v) is 8.40. The van der Waals surface area contributed by atoms with Crippen LogP contribution in [0, 0.1) is 11.7 Å². The van der Waals surface area contributed by atoms with Crippen LogP contribution in [0.15, 0.2) is 18.2 Å². The molecule has 1 aromatic rings. The second-order valence-corrected chi connectivity index (χ2v) is 6.69. The largest absolute Gasteiger partial charge is 0.480 e. The van der Waals surface area contributed by atoms with E-state index in [-0.39, 0.29) is 24.4 Å². The summed E-state index contributed by atoms with van der Waals surface area (Å²) < 4.78 is 19.3. The van der Waals surface area contributed by atoms with Gasteiger partial charge in [-0.05, 0) is 31.4 Å². The van der Waals surface area contributed by atoms with E-state index in [1.54, 1.807) is 6.07 Å². The number of carbonyl (C=O) groups excluding carboxylic acids is 1. The topological polar surface area (TPSA) is 66.8 Å². The number of hydrogen-bond donors (Lipinski definition) is 1. The number of ether oxygens (including phenoxy) is 1. The number of nitrogens with zero attached hydrogens (tertiary/aromatic N) is 1. The highest BCUT2D eigenvalue weighted by molar-refractivity contribution is 6.31. The molecule has 1 aromatic carbocycles. The van der Waals surface area contributed by atoms with Crippen LogP contribution < -0.4 is 0 Å². The van der Waals surface area contributed by atoms with Crippen LogP contribution in [0.1, 0.15) is 30.7 Å². The van der Waals surface area contributed by atoms with Gasteiger partial charge in [0.25, 0.3) is 0 Å². The van der Waals surface area contributed by atoms with E-state index in [9.17, 15) is 14.0 Å². The number of carboxylic acids is 1. The van der Waals surface area contributed by atoms with E-state index < -0.39 is 17.7 Å². The van der Waals surface area contributed by atoms with Gasteiger partial charge in [0, 0.05) is 41.7 Å². The fraction of sp³-hybridized carbons (Fsp3) is 0.529. The molecule has 1 aliphatic heterocycles. The predicted molar refractivity (Wildman–Crippen MR) is 85.4 cm³/mol.